The Labute approximate surface area is 189 Å². The molecule has 1 heterocycles. The van der Waals surface area contributed by atoms with Gasteiger partial charge in [0, 0.05) is 16.8 Å². The summed E-state index contributed by atoms with van der Waals surface area (Å²) in [4.78, 5) is 25.5. The highest BCUT2D eigenvalue weighted by molar-refractivity contribution is 6.34. The molecule has 0 radical (unpaired) electrons. The molecule has 0 saturated carbocycles. The normalized spacial score (nSPS) is 15.2. The van der Waals surface area contributed by atoms with Crippen LogP contribution in [-0.2, 0) is 11.2 Å². The van der Waals surface area contributed by atoms with E-state index < -0.39 is 17.7 Å². The number of rotatable bonds is 6. The molecule has 0 amide bonds. The lowest BCUT2D eigenvalue weighted by Gasteiger charge is -2.23. The number of nitrogens with one attached hydrogen (secondary N) is 1. The monoisotopic (exact) mass is 456 g/mol. The van der Waals surface area contributed by atoms with Crippen molar-refractivity contribution in [3.63, 3.8) is 0 Å². The van der Waals surface area contributed by atoms with Gasteiger partial charge in [0.05, 0.1) is 41.5 Å². The van der Waals surface area contributed by atoms with Crippen molar-refractivity contribution in [1.29, 1.82) is 0 Å². The predicted molar refractivity (Wildman–Crippen MR) is 118 cm³/mol. The van der Waals surface area contributed by atoms with Crippen LogP contribution in [0.5, 0.6) is 5.75 Å². The molecule has 1 N–H and O–H groups in total. The van der Waals surface area contributed by atoms with E-state index in [0.29, 0.717) is 40.4 Å². The van der Waals surface area contributed by atoms with Gasteiger partial charge >= 0.3 is 5.97 Å². The van der Waals surface area contributed by atoms with Gasteiger partial charge in [0.25, 0.3) is 0 Å². The number of carbonyl (C=O) groups is 2. The first-order valence-corrected chi connectivity index (χ1v) is 10.7. The number of hydrogen-bond donors (Lipinski definition) is 1. The number of ether oxygens (including phenoxy) is 2. The standard InChI is InChI=1S/C24H22ClFN2O4/c1-3-32-24(30)13-10-11-14(17(26)12-13)22-20-15(6-4-8-18(20)27-28-22)23(29)21-16(25)7-5-9-19(21)31-2/h5,7,9-12,15H,3-4,6,8H2,1-2H3,(H,27,28). The summed E-state index contributed by atoms with van der Waals surface area (Å²) in [6.07, 6.45) is 2.06. The van der Waals surface area contributed by atoms with Gasteiger partial charge in [-0.1, -0.05) is 17.7 Å². The number of methoxy groups -OCH3 is 1. The smallest absolute Gasteiger partial charge is 0.338 e. The molecule has 1 aliphatic carbocycles. The number of aromatic amines is 1. The number of ketones is 1. The second-order valence-corrected chi connectivity index (χ2v) is 7.91. The lowest BCUT2D eigenvalue weighted by atomic mass is 9.79. The zero-order valence-electron chi connectivity index (χ0n) is 17.7. The average Bonchev–Trinajstić information content (AvgIpc) is 3.22. The Morgan fingerprint density at radius 3 is 2.81 bits per heavy atom. The summed E-state index contributed by atoms with van der Waals surface area (Å²) >= 11 is 6.35. The van der Waals surface area contributed by atoms with Crippen LogP contribution in [0.15, 0.2) is 36.4 Å². The number of esters is 1. The van der Waals surface area contributed by atoms with E-state index in [9.17, 15) is 9.59 Å². The van der Waals surface area contributed by atoms with Crippen molar-refractivity contribution in [2.45, 2.75) is 32.1 Å². The molecule has 3 aromatic rings. The molecule has 1 atom stereocenters. The van der Waals surface area contributed by atoms with E-state index in [4.69, 9.17) is 21.1 Å². The van der Waals surface area contributed by atoms with Crippen LogP contribution < -0.4 is 4.74 Å². The first-order valence-electron chi connectivity index (χ1n) is 10.4. The minimum absolute atomic E-state index is 0.117. The number of aryl methyl sites for hydroxylation is 1. The van der Waals surface area contributed by atoms with Gasteiger partial charge in [0.2, 0.25) is 0 Å². The number of aromatic nitrogens is 2. The minimum Gasteiger partial charge on any atom is -0.496 e. The van der Waals surface area contributed by atoms with Gasteiger partial charge in [-0.3, -0.25) is 9.89 Å². The Balaban J connectivity index is 1.77. The molecule has 0 aliphatic heterocycles. The van der Waals surface area contributed by atoms with E-state index in [1.165, 1.54) is 19.2 Å². The van der Waals surface area contributed by atoms with Crippen molar-refractivity contribution < 1.29 is 23.5 Å². The van der Waals surface area contributed by atoms with E-state index in [0.717, 1.165) is 18.2 Å². The number of H-pyrrole nitrogens is 1. The van der Waals surface area contributed by atoms with Crippen LogP contribution in [0.3, 0.4) is 0 Å². The maximum atomic E-state index is 15.0. The summed E-state index contributed by atoms with van der Waals surface area (Å²) in [5.74, 6) is -1.56. The van der Waals surface area contributed by atoms with Gasteiger partial charge in [-0.25, -0.2) is 9.18 Å². The summed E-state index contributed by atoms with van der Waals surface area (Å²) < 4.78 is 25.3. The molecule has 1 unspecified atom stereocenters. The zero-order chi connectivity index (χ0) is 22.8. The molecule has 1 aromatic heterocycles. The van der Waals surface area contributed by atoms with Crippen LogP contribution in [0.2, 0.25) is 5.02 Å². The van der Waals surface area contributed by atoms with Crippen molar-refractivity contribution in [3.8, 4) is 17.0 Å². The van der Waals surface area contributed by atoms with Crippen LogP contribution in [0.4, 0.5) is 4.39 Å². The quantitative estimate of drug-likeness (QED) is 0.399. The number of benzene rings is 2. The summed E-state index contributed by atoms with van der Waals surface area (Å²) in [6, 6.07) is 9.16. The summed E-state index contributed by atoms with van der Waals surface area (Å²) in [6.45, 7) is 1.88. The first-order chi connectivity index (χ1) is 15.5. The molecular weight excluding hydrogens is 435 g/mol. The van der Waals surface area contributed by atoms with Crippen molar-refractivity contribution in [3.05, 3.63) is 69.6 Å². The third kappa shape index (κ3) is 3.88. The lowest BCUT2D eigenvalue weighted by Crippen LogP contribution is -2.20. The third-order valence-electron chi connectivity index (χ3n) is 5.64. The van der Waals surface area contributed by atoms with E-state index in [1.54, 1.807) is 25.1 Å². The third-order valence-corrected chi connectivity index (χ3v) is 5.96. The number of fused-ring (bicyclic) bond motifs is 1. The van der Waals surface area contributed by atoms with Crippen LogP contribution in [0.1, 0.15) is 57.7 Å². The van der Waals surface area contributed by atoms with Crippen LogP contribution in [-0.4, -0.2) is 35.7 Å². The number of Topliss-reactive ketones (excluding diaryl/α,β-unsaturated/α-hetero) is 1. The topological polar surface area (TPSA) is 81.3 Å². The number of hydrogen-bond acceptors (Lipinski definition) is 5. The first kappa shape index (κ1) is 22.0. The van der Waals surface area contributed by atoms with Crippen molar-refractivity contribution in [1.82, 2.24) is 10.2 Å². The Bertz CT molecular complexity index is 1190. The Morgan fingerprint density at radius 1 is 1.28 bits per heavy atom. The van der Waals surface area contributed by atoms with Crippen LogP contribution in [0.25, 0.3) is 11.3 Å². The van der Waals surface area contributed by atoms with Gasteiger partial charge in [-0.05, 0) is 56.5 Å². The van der Waals surface area contributed by atoms with E-state index in [2.05, 4.69) is 10.2 Å². The Hall–Kier alpha value is -3.19. The molecular formula is C24H22ClFN2O4. The highest BCUT2D eigenvalue weighted by Crippen LogP contribution is 2.42. The number of halogens is 2. The average molecular weight is 457 g/mol. The molecule has 0 saturated heterocycles. The molecule has 2 aromatic carbocycles. The van der Waals surface area contributed by atoms with Gasteiger partial charge in [0.15, 0.2) is 5.78 Å². The fourth-order valence-electron chi connectivity index (χ4n) is 4.18. The SMILES string of the molecule is CCOC(=O)c1ccc(-c2n[nH]c3c2C(C(=O)c2c(Cl)cccc2OC)CCC3)c(F)c1. The second-order valence-electron chi connectivity index (χ2n) is 7.51. The largest absolute Gasteiger partial charge is 0.496 e. The fraction of sp³-hybridized carbons (Fsp3) is 0.292. The van der Waals surface area contributed by atoms with E-state index in [-0.39, 0.29) is 23.5 Å². The minimum atomic E-state index is -0.614. The lowest BCUT2D eigenvalue weighted by molar-refractivity contribution is 0.0525. The summed E-state index contributed by atoms with van der Waals surface area (Å²) in [7, 11) is 1.48. The van der Waals surface area contributed by atoms with Crippen molar-refractivity contribution >= 4 is 23.4 Å². The van der Waals surface area contributed by atoms with Crippen molar-refractivity contribution in [2.75, 3.05) is 13.7 Å². The summed E-state index contributed by atoms with van der Waals surface area (Å²) in [5.41, 5.74) is 2.44. The van der Waals surface area contributed by atoms with E-state index in [1.807, 2.05) is 0 Å². The zero-order valence-corrected chi connectivity index (χ0v) is 18.5. The van der Waals surface area contributed by atoms with Gasteiger partial charge in [0.1, 0.15) is 11.6 Å². The molecule has 6 nitrogen and oxygen atoms in total. The molecule has 0 fully saturated rings. The molecule has 0 spiro atoms. The number of nitrogens with zero attached hydrogens (tertiary/aromatic N) is 1. The highest BCUT2D eigenvalue weighted by Gasteiger charge is 2.35. The van der Waals surface area contributed by atoms with Gasteiger partial charge < -0.3 is 9.47 Å². The Kier molecular flexibility index (Phi) is 6.28. The van der Waals surface area contributed by atoms with Gasteiger partial charge in [-0.2, -0.15) is 5.10 Å². The molecule has 1 aliphatic rings. The van der Waals surface area contributed by atoms with Crippen LogP contribution in [0, 0.1) is 5.82 Å². The van der Waals surface area contributed by atoms with E-state index >= 15 is 4.39 Å². The second kappa shape index (κ2) is 9.12. The van der Waals surface area contributed by atoms with Gasteiger partial charge in [-0.15, -0.1) is 0 Å². The molecule has 32 heavy (non-hydrogen) atoms. The maximum absolute atomic E-state index is 15.0. The number of carbonyl (C=O) groups excluding carboxylic acids is 2. The highest BCUT2D eigenvalue weighted by atomic mass is 35.5. The maximum Gasteiger partial charge on any atom is 0.338 e. The molecule has 8 heteroatoms. The molecule has 166 valence electrons. The Morgan fingerprint density at radius 2 is 2.09 bits per heavy atom. The van der Waals surface area contributed by atoms with Crippen molar-refractivity contribution in [2.24, 2.45) is 0 Å². The molecule has 0 bridgehead atoms. The van der Waals surface area contributed by atoms with Crippen LogP contribution >= 0.6 is 11.6 Å². The summed E-state index contributed by atoms with van der Waals surface area (Å²) in [5, 5.41) is 7.60. The fourth-order valence-corrected chi connectivity index (χ4v) is 4.44. The predicted octanol–water partition coefficient (Wildman–Crippen LogP) is 5.36. The molecule has 4 rings (SSSR count).